The van der Waals surface area contributed by atoms with E-state index in [1.165, 1.54) is 4.57 Å². The molecule has 0 saturated carbocycles. The molecule has 3 rings (SSSR count). The van der Waals surface area contributed by atoms with Crippen molar-refractivity contribution in [2.75, 3.05) is 23.7 Å². The minimum Gasteiger partial charge on any atom is -0.481 e. The zero-order valence-corrected chi connectivity index (χ0v) is 21.7. The summed E-state index contributed by atoms with van der Waals surface area (Å²) in [4.78, 5) is 53.3. The molecule has 0 radical (unpaired) electrons. The number of nitrogens with one attached hydrogen (secondary N) is 3. The molecule has 0 spiro atoms. The molecule has 1 aromatic carbocycles. The number of carboxylic acids is 2. The second-order valence-corrected chi connectivity index (χ2v) is 8.30. The van der Waals surface area contributed by atoms with E-state index in [2.05, 4.69) is 25.9 Å². The first-order valence-corrected chi connectivity index (χ1v) is 12.0. The van der Waals surface area contributed by atoms with Crippen LogP contribution in [0.4, 0.5) is 16.4 Å². The summed E-state index contributed by atoms with van der Waals surface area (Å²) in [6.07, 6.45) is 2.12. The Labute approximate surface area is 224 Å². The summed E-state index contributed by atoms with van der Waals surface area (Å²) in [6, 6.07) is 13.8. The quantitative estimate of drug-likeness (QED) is 0.212. The second-order valence-electron chi connectivity index (χ2n) is 8.30. The minimum atomic E-state index is -1.12. The Balaban J connectivity index is 0.00000124. The van der Waals surface area contributed by atoms with Crippen LogP contribution in [0.3, 0.4) is 0 Å². The van der Waals surface area contributed by atoms with E-state index in [0.29, 0.717) is 24.5 Å². The van der Waals surface area contributed by atoms with Gasteiger partial charge in [-0.25, -0.2) is 14.6 Å². The summed E-state index contributed by atoms with van der Waals surface area (Å²) >= 11 is 0. The molecule has 39 heavy (non-hydrogen) atoms. The Morgan fingerprint density at radius 1 is 1.03 bits per heavy atom. The molecular weight excluding hydrogens is 508 g/mol. The van der Waals surface area contributed by atoms with Gasteiger partial charge in [0, 0.05) is 44.5 Å². The van der Waals surface area contributed by atoms with Gasteiger partial charge in [0.05, 0.1) is 12.5 Å². The molecule has 0 aliphatic carbocycles. The topological polar surface area (TPSA) is 185 Å². The number of rotatable bonds is 12. The van der Waals surface area contributed by atoms with Gasteiger partial charge in [-0.15, -0.1) is 0 Å². The summed E-state index contributed by atoms with van der Waals surface area (Å²) < 4.78 is 6.45. The Kier molecular flexibility index (Phi) is 12.4. The molecule has 208 valence electrons. The molecule has 13 heteroatoms. The average Bonchev–Trinajstić information content (AvgIpc) is 2.88. The van der Waals surface area contributed by atoms with Crippen molar-refractivity contribution in [2.24, 2.45) is 0 Å². The van der Waals surface area contributed by atoms with Gasteiger partial charge in [-0.3, -0.25) is 14.2 Å². The average molecular weight is 541 g/mol. The Bertz CT molecular complexity index is 1260. The van der Waals surface area contributed by atoms with Crippen LogP contribution in [0.1, 0.15) is 24.5 Å². The van der Waals surface area contributed by atoms with Crippen molar-refractivity contribution in [1.29, 1.82) is 0 Å². The van der Waals surface area contributed by atoms with Crippen LogP contribution in [0.15, 0.2) is 65.7 Å². The highest BCUT2D eigenvalue weighted by Crippen LogP contribution is 2.09. The van der Waals surface area contributed by atoms with Gasteiger partial charge in [-0.05, 0) is 24.6 Å². The zero-order chi connectivity index (χ0) is 28.6. The maximum Gasteiger partial charge on any atom is 0.407 e. The van der Waals surface area contributed by atoms with Gasteiger partial charge in [0.2, 0.25) is 0 Å². The number of anilines is 2. The number of carbonyl (C=O) groups excluding carboxylic acids is 1. The first-order chi connectivity index (χ1) is 18.6. The van der Waals surface area contributed by atoms with E-state index in [9.17, 15) is 19.5 Å². The first kappa shape index (κ1) is 30.3. The summed E-state index contributed by atoms with van der Waals surface area (Å²) in [5.41, 5.74) is 0.931. The van der Waals surface area contributed by atoms with Crippen LogP contribution in [0.2, 0.25) is 0 Å². The summed E-state index contributed by atoms with van der Waals surface area (Å²) in [7, 11) is 0. The highest BCUT2D eigenvalue weighted by molar-refractivity contribution is 5.71. The van der Waals surface area contributed by atoms with Crippen LogP contribution in [0, 0.1) is 6.92 Å². The highest BCUT2D eigenvalue weighted by Gasteiger charge is 2.19. The van der Waals surface area contributed by atoms with E-state index < -0.39 is 29.8 Å². The van der Waals surface area contributed by atoms with E-state index in [1.807, 2.05) is 36.4 Å². The van der Waals surface area contributed by atoms with Gasteiger partial charge in [0.1, 0.15) is 18.2 Å². The molecule has 0 fully saturated rings. The Morgan fingerprint density at radius 3 is 2.33 bits per heavy atom. The van der Waals surface area contributed by atoms with Crippen LogP contribution < -0.4 is 21.6 Å². The number of pyridine rings is 1. The number of benzene rings is 1. The maximum absolute atomic E-state index is 12.6. The highest BCUT2D eigenvalue weighted by atomic mass is 16.5. The maximum atomic E-state index is 12.6. The molecule has 2 aromatic heterocycles. The van der Waals surface area contributed by atoms with Crippen molar-refractivity contribution in [3.8, 4) is 0 Å². The molecule has 0 saturated heterocycles. The molecule has 0 aliphatic rings. The van der Waals surface area contributed by atoms with E-state index in [0.717, 1.165) is 18.3 Å². The fraction of sp³-hybridized carbons (Fsp3) is 0.308. The third-order valence-corrected chi connectivity index (χ3v) is 4.94. The summed E-state index contributed by atoms with van der Waals surface area (Å²) in [5, 5.41) is 25.4. The number of hydrogen-bond acceptors (Lipinski definition) is 9. The van der Waals surface area contributed by atoms with E-state index in [-0.39, 0.29) is 19.6 Å². The van der Waals surface area contributed by atoms with Crippen LogP contribution in [0.25, 0.3) is 0 Å². The third kappa shape index (κ3) is 12.2. The molecule has 1 amide bonds. The smallest absolute Gasteiger partial charge is 0.407 e. The van der Waals surface area contributed by atoms with Crippen LogP contribution in [-0.2, 0) is 27.5 Å². The van der Waals surface area contributed by atoms with Crippen LogP contribution in [-0.4, -0.2) is 61.9 Å². The van der Waals surface area contributed by atoms with Gasteiger partial charge in [0.25, 0.3) is 5.97 Å². The lowest BCUT2D eigenvalue weighted by atomic mass is 10.2. The molecule has 13 nitrogen and oxygen atoms in total. The van der Waals surface area contributed by atoms with Crippen molar-refractivity contribution >= 4 is 29.7 Å². The number of alkyl carbamates (subject to hydrolysis) is 1. The fourth-order valence-electron chi connectivity index (χ4n) is 3.29. The number of carbonyl (C=O) groups is 3. The van der Waals surface area contributed by atoms with E-state index in [1.54, 1.807) is 31.5 Å². The lowest BCUT2D eigenvalue weighted by molar-refractivity contribution is -0.137. The van der Waals surface area contributed by atoms with E-state index in [4.69, 9.17) is 14.6 Å². The monoisotopic (exact) mass is 540 g/mol. The van der Waals surface area contributed by atoms with Crippen LogP contribution >= 0.6 is 0 Å². The van der Waals surface area contributed by atoms with Crippen molar-refractivity contribution in [1.82, 2.24) is 19.9 Å². The molecule has 5 N–H and O–H groups in total. The summed E-state index contributed by atoms with van der Waals surface area (Å²) in [6.45, 7) is 3.91. The molecule has 1 unspecified atom stereocenters. The standard InChI is InChI=1S/C24H28N6O5.C2H4O2/c1-17-14-30(23(33)29-22(17)27-12-11-26-20-9-5-6-10-25-20)15-19(13-21(31)32)28-24(34)35-16-18-7-3-2-4-8-18;1-2(3)4/h2-10,14,19H,11-13,15-16H2,1H3,(H,25,26)(H,28,34)(H,31,32)(H,27,29,33);1H3,(H,3,4). The predicted octanol–water partition coefficient (Wildman–Crippen LogP) is 2.33. The van der Waals surface area contributed by atoms with Crippen molar-refractivity contribution in [3.63, 3.8) is 0 Å². The zero-order valence-electron chi connectivity index (χ0n) is 21.7. The molecule has 3 aromatic rings. The largest absolute Gasteiger partial charge is 0.481 e. The van der Waals surface area contributed by atoms with Crippen molar-refractivity contribution in [2.45, 2.75) is 39.5 Å². The number of aliphatic carboxylic acids is 2. The number of hydrogen-bond donors (Lipinski definition) is 5. The predicted molar refractivity (Wildman–Crippen MR) is 144 cm³/mol. The van der Waals surface area contributed by atoms with Crippen molar-refractivity contribution < 1.29 is 29.3 Å². The number of carboxylic acid groups (broad SMARTS) is 2. The van der Waals surface area contributed by atoms with Crippen molar-refractivity contribution in [3.05, 3.63) is 82.5 Å². The SMILES string of the molecule is CC(=O)O.Cc1cn(CC(CC(=O)O)NC(=O)OCc2ccccc2)c(=O)nc1NCCNc1ccccn1. The van der Waals surface area contributed by atoms with Gasteiger partial charge >= 0.3 is 17.8 Å². The number of ether oxygens (including phenoxy) is 1. The molecule has 0 bridgehead atoms. The van der Waals surface area contributed by atoms with E-state index >= 15 is 0 Å². The molecule has 2 heterocycles. The normalized spacial score (nSPS) is 10.8. The fourth-order valence-corrected chi connectivity index (χ4v) is 3.29. The van der Waals surface area contributed by atoms with Gasteiger partial charge in [-0.1, -0.05) is 36.4 Å². The summed E-state index contributed by atoms with van der Waals surface area (Å²) in [5.74, 6) is -0.775. The number of amides is 1. The molecular formula is C26H32N6O7. The lowest BCUT2D eigenvalue weighted by Crippen LogP contribution is -2.42. The van der Waals surface area contributed by atoms with Gasteiger partial charge < -0.3 is 30.9 Å². The van der Waals surface area contributed by atoms with Crippen LogP contribution in [0.5, 0.6) is 0 Å². The minimum absolute atomic E-state index is 0.0443. The third-order valence-electron chi connectivity index (χ3n) is 4.94. The second kappa shape index (κ2) is 16.0. The Hall–Kier alpha value is -4.94. The molecule has 1 atom stereocenters. The number of aromatic nitrogens is 3. The number of nitrogens with zero attached hydrogens (tertiary/aromatic N) is 3. The Morgan fingerprint density at radius 2 is 1.69 bits per heavy atom. The lowest BCUT2D eigenvalue weighted by Gasteiger charge is -2.19. The number of aryl methyl sites for hydroxylation is 1. The van der Waals surface area contributed by atoms with Gasteiger partial charge in [-0.2, -0.15) is 4.98 Å². The first-order valence-electron chi connectivity index (χ1n) is 12.0. The van der Waals surface area contributed by atoms with Gasteiger partial charge in [0.15, 0.2) is 0 Å². The molecule has 0 aliphatic heterocycles.